The summed E-state index contributed by atoms with van der Waals surface area (Å²) >= 11 is 0. The number of carboxylic acid groups (broad SMARTS) is 1. The number of aliphatic carboxylic acids is 1. The van der Waals surface area contributed by atoms with Gasteiger partial charge in [0.05, 0.1) is 19.1 Å². The highest BCUT2D eigenvalue weighted by atomic mass is 16.4. The Labute approximate surface area is 177 Å². The van der Waals surface area contributed by atoms with Crippen molar-refractivity contribution in [2.45, 2.75) is 77.2 Å². The van der Waals surface area contributed by atoms with E-state index in [1.807, 2.05) is 36.4 Å². The fourth-order valence-corrected chi connectivity index (χ4v) is 4.34. The molecule has 2 unspecified atom stereocenters. The van der Waals surface area contributed by atoms with Gasteiger partial charge in [-0.25, -0.2) is 0 Å². The van der Waals surface area contributed by atoms with Crippen LogP contribution >= 0.6 is 0 Å². The van der Waals surface area contributed by atoms with Crippen LogP contribution in [-0.4, -0.2) is 41.8 Å². The molecule has 29 heavy (non-hydrogen) atoms. The van der Waals surface area contributed by atoms with E-state index in [4.69, 9.17) is 0 Å². The number of unbranched alkanes of at least 4 members (excludes halogenated alkanes) is 9. The molecule has 0 heterocycles. The van der Waals surface area contributed by atoms with E-state index in [1.54, 1.807) is 0 Å². The van der Waals surface area contributed by atoms with Crippen LogP contribution in [0, 0.1) is 0 Å². The van der Waals surface area contributed by atoms with Crippen LogP contribution in [0.2, 0.25) is 0 Å². The van der Waals surface area contributed by atoms with Gasteiger partial charge in [-0.2, -0.15) is 0 Å². The number of aliphatic hydroxyl groups is 1. The zero-order valence-electron chi connectivity index (χ0n) is 18.4. The van der Waals surface area contributed by atoms with Crippen molar-refractivity contribution in [2.24, 2.45) is 0 Å². The maximum atomic E-state index is 11.6. The number of carbonyl (C=O) groups is 1. The number of benzene rings is 1. The molecule has 0 fully saturated rings. The molecular weight excluding hydrogens is 362 g/mol. The lowest BCUT2D eigenvalue weighted by Crippen LogP contribution is -2.57. The second-order valence-electron chi connectivity index (χ2n) is 8.19. The number of carboxylic acids is 1. The maximum absolute atomic E-state index is 11.6. The zero-order chi connectivity index (χ0) is 21.4. The normalized spacial score (nSPS) is 14.3. The monoisotopic (exact) mass is 403 g/mol. The van der Waals surface area contributed by atoms with Gasteiger partial charge in [0.25, 0.3) is 0 Å². The Balaban J connectivity index is 2.63. The minimum absolute atomic E-state index is 0.0534. The Morgan fingerprint density at radius 3 is 2.03 bits per heavy atom. The Morgan fingerprint density at radius 1 is 1.00 bits per heavy atom. The van der Waals surface area contributed by atoms with Crippen LogP contribution in [0.1, 0.15) is 82.7 Å². The van der Waals surface area contributed by atoms with Crippen LogP contribution in [0.25, 0.3) is 0 Å². The molecule has 0 spiro atoms. The topological polar surface area (TPSA) is 60.4 Å². The summed E-state index contributed by atoms with van der Waals surface area (Å²) in [5.74, 6) is -1.08. The van der Waals surface area contributed by atoms with Gasteiger partial charge in [-0.05, 0) is 18.9 Å². The van der Waals surface area contributed by atoms with Gasteiger partial charge in [-0.3, -0.25) is 0 Å². The van der Waals surface area contributed by atoms with Crippen LogP contribution in [0.4, 0.5) is 0 Å². The van der Waals surface area contributed by atoms with E-state index in [0.29, 0.717) is 13.1 Å². The lowest BCUT2D eigenvalue weighted by molar-refractivity contribution is -0.946. The largest absolute Gasteiger partial charge is 0.544 e. The van der Waals surface area contributed by atoms with E-state index in [0.717, 1.165) is 18.4 Å². The van der Waals surface area contributed by atoms with Gasteiger partial charge in [-0.1, -0.05) is 95.2 Å². The molecule has 2 atom stereocenters. The smallest absolute Gasteiger partial charge is 0.133 e. The van der Waals surface area contributed by atoms with Crippen LogP contribution in [0.3, 0.4) is 0 Å². The summed E-state index contributed by atoms with van der Waals surface area (Å²) in [7, 11) is 0. The third kappa shape index (κ3) is 9.60. The summed E-state index contributed by atoms with van der Waals surface area (Å²) < 4.78 is 0.267. The SMILES string of the molecule is C=CC(c1ccccc1)[N+](CCO)(CCCCCCCCCCCC)CC(=O)[O-]. The molecule has 1 N–H and O–H groups in total. The summed E-state index contributed by atoms with van der Waals surface area (Å²) in [6, 6.07) is 9.71. The highest BCUT2D eigenvalue weighted by Gasteiger charge is 2.35. The van der Waals surface area contributed by atoms with Gasteiger partial charge >= 0.3 is 0 Å². The molecule has 4 heteroatoms. The fourth-order valence-electron chi connectivity index (χ4n) is 4.34. The summed E-state index contributed by atoms with van der Waals surface area (Å²) in [6.07, 6.45) is 14.2. The highest BCUT2D eigenvalue weighted by Crippen LogP contribution is 2.30. The summed E-state index contributed by atoms with van der Waals surface area (Å²) in [5.41, 5.74) is 1.03. The molecule has 0 saturated heterocycles. The lowest BCUT2D eigenvalue weighted by atomic mass is 10.00. The molecule has 0 aliphatic rings. The number of hydrogen-bond acceptors (Lipinski definition) is 3. The van der Waals surface area contributed by atoms with Gasteiger partial charge in [0.1, 0.15) is 19.1 Å². The van der Waals surface area contributed by atoms with Crippen molar-refractivity contribution in [3.05, 3.63) is 48.6 Å². The van der Waals surface area contributed by atoms with Gasteiger partial charge in [0.2, 0.25) is 0 Å². The molecule has 0 amide bonds. The predicted molar refractivity (Wildman–Crippen MR) is 118 cm³/mol. The molecule has 0 aromatic heterocycles. The van der Waals surface area contributed by atoms with Crippen molar-refractivity contribution >= 4 is 5.97 Å². The van der Waals surface area contributed by atoms with Gasteiger partial charge < -0.3 is 19.5 Å². The summed E-state index contributed by atoms with van der Waals surface area (Å²) in [4.78, 5) is 11.6. The van der Waals surface area contributed by atoms with Crippen LogP contribution < -0.4 is 5.11 Å². The van der Waals surface area contributed by atoms with E-state index < -0.39 is 5.97 Å². The van der Waals surface area contributed by atoms with Gasteiger partial charge in [0, 0.05) is 5.56 Å². The maximum Gasteiger partial charge on any atom is 0.133 e. The standard InChI is InChI=1S/C25H41NO3/c1-3-5-6-7-8-9-10-11-12-16-19-26(20-21-27,22-25(28)29)24(4-2)23-17-14-13-15-18-23/h4,13-15,17-18,24,27H,2-3,5-12,16,19-22H2,1H3. The fraction of sp³-hybridized carbons (Fsp3) is 0.640. The second kappa shape index (κ2) is 15.2. The molecule has 1 aromatic rings. The predicted octanol–water partition coefficient (Wildman–Crippen LogP) is 4.39. The summed E-state index contributed by atoms with van der Waals surface area (Å²) in [5, 5.41) is 21.3. The number of aliphatic hydroxyl groups excluding tert-OH is 1. The molecule has 0 aliphatic heterocycles. The zero-order valence-corrected chi connectivity index (χ0v) is 18.4. The molecular formula is C25H41NO3. The van der Waals surface area contributed by atoms with Crippen molar-refractivity contribution in [1.29, 1.82) is 0 Å². The third-order valence-electron chi connectivity index (χ3n) is 5.90. The molecule has 0 saturated carbocycles. The number of rotatable bonds is 18. The average Bonchev–Trinajstić information content (AvgIpc) is 2.70. The first-order valence-corrected chi connectivity index (χ1v) is 11.4. The average molecular weight is 404 g/mol. The molecule has 0 bridgehead atoms. The van der Waals surface area contributed by atoms with E-state index in [9.17, 15) is 15.0 Å². The number of nitrogens with zero attached hydrogens (tertiary/aromatic N) is 1. The molecule has 1 aromatic carbocycles. The van der Waals surface area contributed by atoms with E-state index in [2.05, 4.69) is 13.5 Å². The van der Waals surface area contributed by atoms with E-state index >= 15 is 0 Å². The van der Waals surface area contributed by atoms with E-state index in [1.165, 1.54) is 51.4 Å². The molecule has 4 nitrogen and oxygen atoms in total. The Kier molecular flexibility index (Phi) is 13.3. The molecule has 0 radical (unpaired) electrons. The third-order valence-corrected chi connectivity index (χ3v) is 5.90. The quantitative estimate of drug-likeness (QED) is 0.225. The van der Waals surface area contributed by atoms with Gasteiger partial charge in [-0.15, -0.1) is 0 Å². The number of quaternary nitrogens is 1. The minimum atomic E-state index is -1.08. The van der Waals surface area contributed by atoms with Crippen LogP contribution in [-0.2, 0) is 4.79 Å². The second-order valence-corrected chi connectivity index (χ2v) is 8.19. The molecule has 1 rings (SSSR count). The summed E-state index contributed by atoms with van der Waals surface area (Å²) in [6.45, 7) is 7.15. The number of hydrogen-bond donors (Lipinski definition) is 1. The first-order valence-electron chi connectivity index (χ1n) is 11.4. The van der Waals surface area contributed by atoms with Crippen molar-refractivity contribution in [1.82, 2.24) is 0 Å². The Bertz CT molecular complexity index is 560. The Morgan fingerprint density at radius 2 is 1.55 bits per heavy atom. The van der Waals surface area contributed by atoms with Crippen molar-refractivity contribution in [3.63, 3.8) is 0 Å². The first kappa shape index (κ1) is 25.4. The van der Waals surface area contributed by atoms with Crippen molar-refractivity contribution in [2.75, 3.05) is 26.2 Å². The van der Waals surface area contributed by atoms with Crippen LogP contribution in [0.15, 0.2) is 43.0 Å². The van der Waals surface area contributed by atoms with Crippen molar-refractivity contribution < 1.29 is 19.5 Å². The van der Waals surface area contributed by atoms with E-state index in [-0.39, 0.29) is 23.7 Å². The molecule has 0 aliphatic carbocycles. The van der Waals surface area contributed by atoms with Crippen molar-refractivity contribution in [3.8, 4) is 0 Å². The molecule has 164 valence electrons. The minimum Gasteiger partial charge on any atom is -0.544 e. The highest BCUT2D eigenvalue weighted by molar-refractivity contribution is 5.65. The lowest BCUT2D eigenvalue weighted by Gasteiger charge is -2.44. The first-order chi connectivity index (χ1) is 14.1. The van der Waals surface area contributed by atoms with Crippen LogP contribution in [0.5, 0.6) is 0 Å². The Hall–Kier alpha value is -1.65. The number of carbonyl (C=O) groups excluding carboxylic acids is 1. The van der Waals surface area contributed by atoms with Gasteiger partial charge in [0.15, 0.2) is 0 Å².